The van der Waals surface area contributed by atoms with Crippen molar-refractivity contribution in [1.82, 2.24) is 10.2 Å². The third-order valence-corrected chi connectivity index (χ3v) is 8.14. The van der Waals surface area contributed by atoms with Crippen LogP contribution >= 0.6 is 11.6 Å². The fourth-order valence-corrected chi connectivity index (χ4v) is 5.66. The molecule has 38 heavy (non-hydrogen) atoms. The fourth-order valence-electron chi connectivity index (χ4n) is 4.10. The zero-order valence-corrected chi connectivity index (χ0v) is 23.4. The molecule has 10 heteroatoms. The van der Waals surface area contributed by atoms with Crippen molar-refractivity contribution in [3.63, 3.8) is 0 Å². The van der Waals surface area contributed by atoms with E-state index in [1.807, 2.05) is 6.92 Å². The van der Waals surface area contributed by atoms with Crippen molar-refractivity contribution in [2.45, 2.75) is 37.8 Å². The lowest BCUT2D eigenvalue weighted by Crippen LogP contribution is -2.51. The SMILES string of the molecule is CC[C@H](C(=O)NC)N(Cc1ccc(Cl)cc1)C(=O)CN(c1cc(C)ccc1OC)S(=O)(=O)c1ccccc1. The number of sulfonamides is 1. The first-order valence-electron chi connectivity index (χ1n) is 12.1. The van der Waals surface area contributed by atoms with Crippen LogP contribution in [0.15, 0.2) is 77.7 Å². The molecule has 0 spiro atoms. The molecule has 3 aromatic rings. The Bertz CT molecular complexity index is 1360. The molecular weight excluding hydrogens is 526 g/mol. The van der Waals surface area contributed by atoms with Gasteiger partial charge in [0.05, 0.1) is 17.7 Å². The van der Waals surface area contributed by atoms with Gasteiger partial charge in [0.15, 0.2) is 0 Å². The number of halogens is 1. The summed E-state index contributed by atoms with van der Waals surface area (Å²) in [5, 5.41) is 3.15. The van der Waals surface area contributed by atoms with Gasteiger partial charge in [-0.05, 0) is 60.9 Å². The van der Waals surface area contributed by atoms with E-state index in [9.17, 15) is 18.0 Å². The minimum absolute atomic E-state index is 0.0268. The summed E-state index contributed by atoms with van der Waals surface area (Å²) in [6.45, 7) is 3.16. The second-order valence-corrected chi connectivity index (χ2v) is 11.0. The number of benzene rings is 3. The number of rotatable bonds is 11. The molecule has 3 rings (SSSR count). The summed E-state index contributed by atoms with van der Waals surface area (Å²) in [6, 6.07) is 19.1. The average Bonchev–Trinajstić information content (AvgIpc) is 2.92. The minimum Gasteiger partial charge on any atom is -0.495 e. The van der Waals surface area contributed by atoms with Gasteiger partial charge >= 0.3 is 0 Å². The molecule has 0 aliphatic rings. The van der Waals surface area contributed by atoms with Crippen molar-refractivity contribution in [2.24, 2.45) is 0 Å². The third kappa shape index (κ3) is 6.65. The number of anilines is 1. The van der Waals surface area contributed by atoms with Crippen LogP contribution in [0.4, 0.5) is 5.69 Å². The van der Waals surface area contributed by atoms with Gasteiger partial charge in [0.2, 0.25) is 11.8 Å². The van der Waals surface area contributed by atoms with Crippen molar-refractivity contribution in [3.05, 3.63) is 88.9 Å². The van der Waals surface area contributed by atoms with Crippen LogP contribution in [-0.4, -0.2) is 51.9 Å². The highest BCUT2D eigenvalue weighted by molar-refractivity contribution is 7.92. The largest absolute Gasteiger partial charge is 0.495 e. The number of methoxy groups -OCH3 is 1. The molecule has 0 saturated carbocycles. The number of hydrogen-bond acceptors (Lipinski definition) is 5. The van der Waals surface area contributed by atoms with Gasteiger partial charge in [-0.3, -0.25) is 13.9 Å². The van der Waals surface area contributed by atoms with Gasteiger partial charge in [0.1, 0.15) is 18.3 Å². The Labute approximate surface area is 229 Å². The van der Waals surface area contributed by atoms with E-state index in [0.717, 1.165) is 15.4 Å². The van der Waals surface area contributed by atoms with Crippen molar-refractivity contribution < 1.29 is 22.7 Å². The van der Waals surface area contributed by atoms with Crippen LogP contribution in [0.1, 0.15) is 24.5 Å². The molecule has 0 bridgehead atoms. The molecule has 1 N–H and O–H groups in total. The number of carbonyl (C=O) groups is 2. The fraction of sp³-hybridized carbons (Fsp3) is 0.286. The molecule has 0 radical (unpaired) electrons. The van der Waals surface area contributed by atoms with Crippen LogP contribution in [0, 0.1) is 6.92 Å². The van der Waals surface area contributed by atoms with Gasteiger partial charge in [-0.1, -0.05) is 54.9 Å². The third-order valence-electron chi connectivity index (χ3n) is 6.11. The monoisotopic (exact) mass is 557 g/mol. The predicted molar refractivity (Wildman–Crippen MR) is 149 cm³/mol. The summed E-state index contributed by atoms with van der Waals surface area (Å²) < 4.78 is 34.3. The van der Waals surface area contributed by atoms with Crippen molar-refractivity contribution in [3.8, 4) is 5.75 Å². The topological polar surface area (TPSA) is 96.0 Å². The van der Waals surface area contributed by atoms with Crippen molar-refractivity contribution >= 4 is 39.1 Å². The summed E-state index contributed by atoms with van der Waals surface area (Å²) in [4.78, 5) is 28.2. The maximum Gasteiger partial charge on any atom is 0.264 e. The lowest BCUT2D eigenvalue weighted by molar-refractivity contribution is -0.140. The minimum atomic E-state index is -4.18. The Hall–Kier alpha value is -3.56. The molecule has 0 saturated heterocycles. The summed E-state index contributed by atoms with van der Waals surface area (Å²) >= 11 is 6.03. The lowest BCUT2D eigenvalue weighted by Gasteiger charge is -2.33. The normalized spacial score (nSPS) is 11.9. The van der Waals surface area contributed by atoms with Gasteiger partial charge in [0.25, 0.3) is 10.0 Å². The predicted octanol–water partition coefficient (Wildman–Crippen LogP) is 4.41. The van der Waals surface area contributed by atoms with E-state index >= 15 is 0 Å². The molecule has 0 aliphatic carbocycles. The number of nitrogens with zero attached hydrogens (tertiary/aromatic N) is 2. The van der Waals surface area contributed by atoms with Crippen LogP contribution in [0.3, 0.4) is 0 Å². The zero-order valence-electron chi connectivity index (χ0n) is 21.8. The first-order chi connectivity index (χ1) is 18.1. The van der Waals surface area contributed by atoms with E-state index < -0.39 is 28.5 Å². The molecule has 0 aliphatic heterocycles. The van der Waals surface area contributed by atoms with E-state index in [-0.39, 0.29) is 23.0 Å². The van der Waals surface area contributed by atoms with Crippen molar-refractivity contribution in [2.75, 3.05) is 25.0 Å². The first kappa shape index (κ1) is 29.0. The molecule has 202 valence electrons. The summed E-state index contributed by atoms with van der Waals surface area (Å²) in [5.74, 6) is -0.593. The number of hydrogen-bond donors (Lipinski definition) is 1. The maximum absolute atomic E-state index is 14.0. The van der Waals surface area contributed by atoms with E-state index in [0.29, 0.717) is 17.2 Å². The van der Waals surface area contributed by atoms with Crippen LogP contribution in [0.25, 0.3) is 0 Å². The van der Waals surface area contributed by atoms with Crippen molar-refractivity contribution in [1.29, 1.82) is 0 Å². The molecular formula is C28H32ClN3O5S. The molecule has 0 fully saturated rings. The smallest absolute Gasteiger partial charge is 0.264 e. The zero-order chi connectivity index (χ0) is 27.9. The standard InChI is InChI=1S/C28H32ClN3O5S/c1-5-24(28(34)30-3)31(18-21-12-14-22(29)15-13-21)27(33)19-32(25-17-20(2)11-16-26(25)37-4)38(35,36)23-9-7-6-8-10-23/h6-17,24H,5,18-19H2,1-4H3,(H,30,34)/t24-/m1/s1. The van der Waals surface area contributed by atoms with Gasteiger partial charge in [-0.15, -0.1) is 0 Å². The maximum atomic E-state index is 14.0. The number of carbonyl (C=O) groups excluding carboxylic acids is 2. The van der Waals surface area contributed by atoms with Gasteiger partial charge < -0.3 is 15.0 Å². The molecule has 1 atom stereocenters. The average molecular weight is 558 g/mol. The molecule has 0 heterocycles. The molecule has 8 nitrogen and oxygen atoms in total. The number of nitrogens with one attached hydrogen (secondary N) is 1. The Balaban J connectivity index is 2.11. The van der Waals surface area contributed by atoms with E-state index in [4.69, 9.17) is 16.3 Å². The summed E-state index contributed by atoms with van der Waals surface area (Å²) in [5.41, 5.74) is 1.76. The second-order valence-electron chi connectivity index (χ2n) is 8.69. The molecule has 0 unspecified atom stereocenters. The Morgan fingerprint density at radius 3 is 2.26 bits per heavy atom. The van der Waals surface area contributed by atoms with E-state index in [1.54, 1.807) is 67.6 Å². The number of ether oxygens (including phenoxy) is 1. The number of amides is 2. The van der Waals surface area contributed by atoms with Crippen LogP contribution in [0.5, 0.6) is 5.75 Å². The molecule has 3 aromatic carbocycles. The lowest BCUT2D eigenvalue weighted by atomic mass is 10.1. The summed E-state index contributed by atoms with van der Waals surface area (Å²) in [7, 11) is -1.24. The Morgan fingerprint density at radius 1 is 1.03 bits per heavy atom. The molecule has 2 amide bonds. The highest BCUT2D eigenvalue weighted by Crippen LogP contribution is 2.33. The Morgan fingerprint density at radius 2 is 1.68 bits per heavy atom. The van der Waals surface area contributed by atoms with Crippen LogP contribution < -0.4 is 14.4 Å². The molecule has 0 aromatic heterocycles. The highest BCUT2D eigenvalue weighted by atomic mass is 35.5. The van der Waals surface area contributed by atoms with E-state index in [2.05, 4.69) is 5.32 Å². The van der Waals surface area contributed by atoms with Gasteiger partial charge in [0, 0.05) is 18.6 Å². The van der Waals surface area contributed by atoms with Crippen LogP contribution in [-0.2, 0) is 26.2 Å². The van der Waals surface area contributed by atoms with Crippen LogP contribution in [0.2, 0.25) is 5.02 Å². The van der Waals surface area contributed by atoms with Gasteiger partial charge in [-0.25, -0.2) is 8.42 Å². The highest BCUT2D eigenvalue weighted by Gasteiger charge is 2.34. The first-order valence-corrected chi connectivity index (χ1v) is 13.9. The van der Waals surface area contributed by atoms with E-state index in [1.165, 1.54) is 31.2 Å². The van der Waals surface area contributed by atoms with Gasteiger partial charge in [-0.2, -0.15) is 0 Å². The number of likely N-dealkylation sites (N-methyl/N-ethyl adjacent to an activating group) is 1. The quantitative estimate of drug-likeness (QED) is 0.377. The number of aryl methyl sites for hydroxylation is 1. The second kappa shape index (κ2) is 12.8. The summed E-state index contributed by atoms with van der Waals surface area (Å²) in [6.07, 6.45) is 0.332. The Kier molecular flexibility index (Phi) is 9.77.